The van der Waals surface area contributed by atoms with Crippen molar-refractivity contribution in [3.63, 3.8) is 0 Å². The van der Waals surface area contributed by atoms with Gasteiger partial charge in [-0.15, -0.1) is 0 Å². The Hall–Kier alpha value is -3.17. The van der Waals surface area contributed by atoms with E-state index in [4.69, 9.17) is 21.9 Å². The molecule has 0 bridgehead atoms. The van der Waals surface area contributed by atoms with E-state index < -0.39 is 10.9 Å². The van der Waals surface area contributed by atoms with Crippen LogP contribution in [0, 0.1) is 10.1 Å². The molecular weight excluding hydrogens is 280 g/mol. The van der Waals surface area contributed by atoms with Crippen molar-refractivity contribution in [3.8, 4) is 0 Å². The van der Waals surface area contributed by atoms with Crippen LogP contribution in [-0.2, 0) is 4.74 Å². The van der Waals surface area contributed by atoms with Crippen LogP contribution < -0.4 is 17.2 Å². The van der Waals surface area contributed by atoms with E-state index in [1.165, 1.54) is 6.07 Å². The molecule has 0 heterocycles. The van der Waals surface area contributed by atoms with E-state index in [1.54, 1.807) is 6.92 Å². The molecular formula is C11H14N6O4. The van der Waals surface area contributed by atoms with Crippen molar-refractivity contribution in [1.82, 2.24) is 0 Å². The Bertz CT molecular complexity index is 621. The van der Waals surface area contributed by atoms with Gasteiger partial charge in [0.05, 0.1) is 22.8 Å². The molecule has 0 aromatic heterocycles. The fourth-order valence-electron chi connectivity index (χ4n) is 1.39. The minimum absolute atomic E-state index is 0.0256. The third-order valence-corrected chi connectivity index (χ3v) is 2.11. The van der Waals surface area contributed by atoms with Crippen molar-refractivity contribution < 1.29 is 14.5 Å². The lowest BCUT2D eigenvalue weighted by molar-refractivity contribution is -0.384. The highest BCUT2D eigenvalue weighted by Gasteiger charge is 2.15. The van der Waals surface area contributed by atoms with E-state index in [2.05, 4.69) is 9.98 Å². The predicted molar refractivity (Wildman–Crippen MR) is 76.1 cm³/mol. The zero-order chi connectivity index (χ0) is 16.0. The van der Waals surface area contributed by atoms with E-state index in [0.29, 0.717) is 0 Å². The lowest BCUT2D eigenvalue weighted by Crippen LogP contribution is -2.26. The zero-order valence-corrected chi connectivity index (χ0v) is 11.1. The largest absolute Gasteiger partial charge is 0.462 e. The third-order valence-electron chi connectivity index (χ3n) is 2.11. The van der Waals surface area contributed by atoms with Crippen LogP contribution in [0.1, 0.15) is 17.3 Å². The van der Waals surface area contributed by atoms with E-state index in [-0.39, 0.29) is 35.5 Å². The van der Waals surface area contributed by atoms with Gasteiger partial charge in [-0.3, -0.25) is 10.1 Å². The lowest BCUT2D eigenvalue weighted by Gasteiger charge is -2.03. The molecule has 10 heteroatoms. The Kier molecular flexibility index (Phi) is 5.17. The number of benzene rings is 1. The minimum Gasteiger partial charge on any atom is -0.462 e. The summed E-state index contributed by atoms with van der Waals surface area (Å²) in [6.45, 7) is 1.75. The van der Waals surface area contributed by atoms with E-state index >= 15 is 0 Å². The SMILES string of the molecule is CCOC(=O)c1cc(N=C(N)N=C(N)N)cc([N+](=O)[O-])c1. The molecule has 0 saturated carbocycles. The minimum atomic E-state index is -0.710. The molecule has 0 aliphatic rings. The Morgan fingerprint density at radius 2 is 2.00 bits per heavy atom. The molecule has 0 aliphatic carbocycles. The number of nitro benzene ring substituents is 1. The number of rotatable bonds is 4. The summed E-state index contributed by atoms with van der Waals surface area (Å²) in [4.78, 5) is 29.1. The number of non-ortho nitro benzene ring substituents is 1. The normalized spacial score (nSPS) is 10.8. The summed E-state index contributed by atoms with van der Waals surface area (Å²) < 4.78 is 4.78. The highest BCUT2D eigenvalue weighted by molar-refractivity contribution is 5.95. The molecule has 6 N–H and O–H groups in total. The van der Waals surface area contributed by atoms with Crippen LogP contribution in [0.2, 0.25) is 0 Å². The molecule has 10 nitrogen and oxygen atoms in total. The molecule has 1 rings (SSSR count). The summed E-state index contributed by atoms with van der Waals surface area (Å²) in [6.07, 6.45) is 0. The van der Waals surface area contributed by atoms with Gasteiger partial charge in [-0.05, 0) is 13.0 Å². The second kappa shape index (κ2) is 6.84. The van der Waals surface area contributed by atoms with Gasteiger partial charge in [0.15, 0.2) is 5.96 Å². The molecule has 1 aromatic carbocycles. The first-order valence-electron chi connectivity index (χ1n) is 5.74. The maximum absolute atomic E-state index is 11.6. The molecule has 21 heavy (non-hydrogen) atoms. The van der Waals surface area contributed by atoms with Gasteiger partial charge in [0.1, 0.15) is 0 Å². The lowest BCUT2D eigenvalue weighted by atomic mass is 10.2. The van der Waals surface area contributed by atoms with Gasteiger partial charge in [-0.25, -0.2) is 9.79 Å². The van der Waals surface area contributed by atoms with E-state index in [1.807, 2.05) is 0 Å². The van der Waals surface area contributed by atoms with Gasteiger partial charge in [0, 0.05) is 12.1 Å². The maximum atomic E-state index is 11.6. The van der Waals surface area contributed by atoms with Crippen molar-refractivity contribution in [2.45, 2.75) is 6.92 Å². The van der Waals surface area contributed by atoms with Crippen LogP contribution in [0.4, 0.5) is 11.4 Å². The van der Waals surface area contributed by atoms with Gasteiger partial charge < -0.3 is 21.9 Å². The van der Waals surface area contributed by atoms with Gasteiger partial charge in [-0.1, -0.05) is 0 Å². The molecule has 0 amide bonds. The molecule has 0 saturated heterocycles. The Balaban J connectivity index is 3.29. The van der Waals surface area contributed by atoms with Crippen molar-refractivity contribution in [2.75, 3.05) is 6.61 Å². The second-order valence-electron chi connectivity index (χ2n) is 3.72. The van der Waals surface area contributed by atoms with Crippen LogP contribution in [0.15, 0.2) is 28.2 Å². The van der Waals surface area contributed by atoms with Gasteiger partial charge in [0.25, 0.3) is 5.69 Å². The average molecular weight is 294 g/mol. The third kappa shape index (κ3) is 4.78. The molecule has 0 aliphatic heterocycles. The molecule has 0 unspecified atom stereocenters. The number of hydrogen-bond donors (Lipinski definition) is 3. The standard InChI is InChI=1S/C11H14N6O4/c1-2-21-9(18)6-3-7(5-8(4-6)17(19)20)15-11(14)16-10(12)13/h3-5H,2H2,1H3,(H6,12,13,14,15,16). The Morgan fingerprint density at radius 1 is 1.33 bits per heavy atom. The quantitative estimate of drug-likeness (QED) is 0.230. The Morgan fingerprint density at radius 3 is 2.52 bits per heavy atom. The van der Waals surface area contributed by atoms with Crippen molar-refractivity contribution in [3.05, 3.63) is 33.9 Å². The summed E-state index contributed by atoms with van der Waals surface area (Å²) in [5.74, 6) is -1.32. The molecule has 0 spiro atoms. The van der Waals surface area contributed by atoms with Crippen molar-refractivity contribution in [2.24, 2.45) is 27.2 Å². The number of aliphatic imine (C=N–C) groups is 2. The molecule has 0 radical (unpaired) electrons. The number of esters is 1. The first-order chi connectivity index (χ1) is 9.83. The number of ether oxygens (including phenoxy) is 1. The topological polar surface area (TPSA) is 172 Å². The molecule has 0 fully saturated rings. The van der Waals surface area contributed by atoms with Crippen LogP contribution in [-0.4, -0.2) is 29.4 Å². The van der Waals surface area contributed by atoms with Gasteiger partial charge in [-0.2, -0.15) is 4.99 Å². The molecule has 112 valence electrons. The number of carbonyl (C=O) groups is 1. The van der Waals surface area contributed by atoms with Crippen molar-refractivity contribution >= 4 is 29.3 Å². The van der Waals surface area contributed by atoms with Gasteiger partial charge >= 0.3 is 5.97 Å². The van der Waals surface area contributed by atoms with Crippen LogP contribution in [0.3, 0.4) is 0 Å². The number of nitro groups is 1. The smallest absolute Gasteiger partial charge is 0.338 e. The summed E-state index contributed by atoms with van der Waals surface area (Å²) in [5, 5.41) is 10.9. The number of hydrogen-bond acceptors (Lipinski definition) is 5. The summed E-state index contributed by atoms with van der Waals surface area (Å²) in [5.41, 5.74) is 15.4. The summed E-state index contributed by atoms with van der Waals surface area (Å²) in [6, 6.07) is 3.48. The number of nitrogens with zero attached hydrogens (tertiary/aromatic N) is 3. The fraction of sp³-hybridized carbons (Fsp3) is 0.182. The van der Waals surface area contributed by atoms with Crippen LogP contribution >= 0.6 is 0 Å². The van der Waals surface area contributed by atoms with Crippen molar-refractivity contribution in [1.29, 1.82) is 0 Å². The maximum Gasteiger partial charge on any atom is 0.338 e. The second-order valence-corrected chi connectivity index (χ2v) is 3.72. The van der Waals surface area contributed by atoms with Crippen LogP contribution in [0.5, 0.6) is 0 Å². The zero-order valence-electron chi connectivity index (χ0n) is 11.1. The number of guanidine groups is 2. The first-order valence-corrected chi connectivity index (χ1v) is 5.74. The van der Waals surface area contributed by atoms with E-state index in [9.17, 15) is 14.9 Å². The molecule has 1 aromatic rings. The summed E-state index contributed by atoms with van der Waals surface area (Å²) in [7, 11) is 0. The number of carbonyl (C=O) groups excluding carboxylic acids is 1. The highest BCUT2D eigenvalue weighted by atomic mass is 16.6. The Labute approximate surface area is 119 Å². The van der Waals surface area contributed by atoms with Crippen LogP contribution in [0.25, 0.3) is 0 Å². The highest BCUT2D eigenvalue weighted by Crippen LogP contribution is 2.23. The van der Waals surface area contributed by atoms with Gasteiger partial charge in [0.2, 0.25) is 5.96 Å². The average Bonchev–Trinajstić information content (AvgIpc) is 2.37. The monoisotopic (exact) mass is 294 g/mol. The molecule has 0 atom stereocenters. The van der Waals surface area contributed by atoms with E-state index in [0.717, 1.165) is 12.1 Å². The predicted octanol–water partition coefficient (Wildman–Crippen LogP) is -0.00890. The summed E-state index contributed by atoms with van der Waals surface area (Å²) >= 11 is 0. The fourth-order valence-corrected chi connectivity index (χ4v) is 1.39. The number of nitrogens with two attached hydrogens (primary N) is 3. The first kappa shape index (κ1) is 15.9.